The first-order valence-corrected chi connectivity index (χ1v) is 9.60. The lowest BCUT2D eigenvalue weighted by atomic mass is 10.2. The van der Waals surface area contributed by atoms with Crippen LogP contribution in [-0.2, 0) is 6.54 Å². The molecule has 2 aromatic carbocycles. The van der Waals surface area contributed by atoms with E-state index in [0.29, 0.717) is 32.8 Å². The summed E-state index contributed by atoms with van der Waals surface area (Å²) in [6.07, 6.45) is 0. The van der Waals surface area contributed by atoms with E-state index in [1.807, 2.05) is 0 Å². The summed E-state index contributed by atoms with van der Waals surface area (Å²) in [6.45, 7) is 2.01. The molecule has 1 N–H and O–H groups in total. The van der Waals surface area contributed by atoms with E-state index in [9.17, 15) is 9.59 Å². The van der Waals surface area contributed by atoms with E-state index in [1.54, 1.807) is 68.2 Å². The van der Waals surface area contributed by atoms with Gasteiger partial charge in [-0.2, -0.15) is 0 Å². The second-order valence-corrected chi connectivity index (χ2v) is 7.41. The fourth-order valence-corrected chi connectivity index (χ4v) is 3.86. The maximum absolute atomic E-state index is 12.7. The molecule has 1 amide bonds. The molecule has 0 bridgehead atoms. The number of anilines is 1. The van der Waals surface area contributed by atoms with Gasteiger partial charge >= 0.3 is 4.87 Å². The quantitative estimate of drug-likeness (QED) is 0.651. The molecule has 0 atom stereocenters. The minimum absolute atomic E-state index is 0.223. The van der Waals surface area contributed by atoms with E-state index in [-0.39, 0.29) is 17.3 Å². The number of carbonyl (C=O) groups excluding carboxylic acids is 1. The van der Waals surface area contributed by atoms with Gasteiger partial charge in [0.1, 0.15) is 16.4 Å². The van der Waals surface area contributed by atoms with Crippen molar-refractivity contribution in [1.29, 1.82) is 0 Å². The lowest BCUT2D eigenvalue weighted by molar-refractivity contribution is 0.102. The summed E-state index contributed by atoms with van der Waals surface area (Å²) >= 11 is 6.98. The van der Waals surface area contributed by atoms with Crippen LogP contribution in [0, 0.1) is 6.92 Å². The number of ether oxygens (including phenoxy) is 2. The fourth-order valence-electron chi connectivity index (χ4n) is 2.77. The summed E-state index contributed by atoms with van der Waals surface area (Å²) in [5.41, 5.74) is 1.97. The first-order chi connectivity index (χ1) is 13.4. The van der Waals surface area contributed by atoms with Crippen molar-refractivity contribution in [2.45, 2.75) is 13.5 Å². The molecular weight excluding hydrogens is 400 g/mol. The van der Waals surface area contributed by atoms with Crippen LogP contribution in [0.1, 0.15) is 20.9 Å². The SMILES string of the molecule is COc1ccc(NC(=O)c2sc(=O)n(Cc3cc(Cl)ccc3OC)c2C)cc1. The lowest BCUT2D eigenvalue weighted by Gasteiger charge is -2.11. The number of hydrogen-bond acceptors (Lipinski definition) is 5. The summed E-state index contributed by atoms with van der Waals surface area (Å²) < 4.78 is 12.0. The van der Waals surface area contributed by atoms with Gasteiger partial charge in [-0.3, -0.25) is 14.2 Å². The molecule has 0 saturated heterocycles. The molecule has 0 radical (unpaired) electrons. The van der Waals surface area contributed by atoms with E-state index >= 15 is 0 Å². The first-order valence-electron chi connectivity index (χ1n) is 8.41. The number of amides is 1. The van der Waals surface area contributed by atoms with Crippen LogP contribution >= 0.6 is 22.9 Å². The average molecular weight is 419 g/mol. The number of carbonyl (C=O) groups is 1. The third-order valence-electron chi connectivity index (χ3n) is 4.27. The van der Waals surface area contributed by atoms with Crippen molar-refractivity contribution in [3.63, 3.8) is 0 Å². The molecule has 3 aromatic rings. The van der Waals surface area contributed by atoms with Gasteiger partial charge in [-0.05, 0) is 49.4 Å². The molecule has 0 unspecified atom stereocenters. The molecule has 146 valence electrons. The molecule has 0 fully saturated rings. The zero-order valence-corrected chi connectivity index (χ0v) is 17.2. The van der Waals surface area contributed by atoms with Crippen molar-refractivity contribution in [3.8, 4) is 11.5 Å². The average Bonchev–Trinajstić information content (AvgIpc) is 2.97. The summed E-state index contributed by atoms with van der Waals surface area (Å²) in [4.78, 5) is 25.3. The van der Waals surface area contributed by atoms with Crippen LogP contribution < -0.4 is 19.7 Å². The molecule has 0 aliphatic heterocycles. The van der Waals surface area contributed by atoms with Gasteiger partial charge in [0.2, 0.25) is 0 Å². The number of thiazole rings is 1. The third-order valence-corrected chi connectivity index (χ3v) is 5.58. The van der Waals surface area contributed by atoms with Crippen LogP contribution in [0.15, 0.2) is 47.3 Å². The number of aromatic nitrogens is 1. The van der Waals surface area contributed by atoms with Crippen LogP contribution in [0.25, 0.3) is 0 Å². The van der Waals surface area contributed by atoms with Crippen LogP contribution in [0.4, 0.5) is 5.69 Å². The molecule has 0 aliphatic carbocycles. The van der Waals surface area contributed by atoms with Gasteiger partial charge in [-0.1, -0.05) is 22.9 Å². The van der Waals surface area contributed by atoms with Crippen molar-refractivity contribution in [3.05, 3.63) is 73.3 Å². The molecule has 6 nitrogen and oxygen atoms in total. The van der Waals surface area contributed by atoms with Gasteiger partial charge in [0, 0.05) is 22.0 Å². The van der Waals surface area contributed by atoms with Crippen molar-refractivity contribution in [2.75, 3.05) is 19.5 Å². The zero-order chi connectivity index (χ0) is 20.3. The Morgan fingerprint density at radius 3 is 2.50 bits per heavy atom. The number of methoxy groups -OCH3 is 2. The molecule has 0 saturated carbocycles. The number of benzene rings is 2. The Hall–Kier alpha value is -2.77. The Labute approximate surface area is 171 Å². The standard InChI is InChI=1S/C20H19ClN2O4S/c1-12-18(19(24)22-15-5-7-16(26-2)8-6-15)28-20(25)23(12)11-13-10-14(21)4-9-17(13)27-3/h4-10H,11H2,1-3H3,(H,22,24). The molecule has 3 rings (SSSR count). The minimum Gasteiger partial charge on any atom is -0.497 e. The van der Waals surface area contributed by atoms with Gasteiger partial charge in [0.15, 0.2) is 0 Å². The zero-order valence-electron chi connectivity index (χ0n) is 15.6. The summed E-state index contributed by atoms with van der Waals surface area (Å²) in [6, 6.07) is 12.2. The molecule has 0 spiro atoms. The highest BCUT2D eigenvalue weighted by atomic mass is 35.5. The smallest absolute Gasteiger partial charge is 0.308 e. The molecule has 1 heterocycles. The Morgan fingerprint density at radius 2 is 1.86 bits per heavy atom. The van der Waals surface area contributed by atoms with Crippen molar-refractivity contribution in [1.82, 2.24) is 4.57 Å². The largest absolute Gasteiger partial charge is 0.497 e. The highest BCUT2D eigenvalue weighted by molar-refractivity contribution is 7.11. The molecule has 28 heavy (non-hydrogen) atoms. The fraction of sp³-hybridized carbons (Fsp3) is 0.200. The van der Waals surface area contributed by atoms with Crippen LogP contribution in [0.2, 0.25) is 5.02 Å². The van der Waals surface area contributed by atoms with Crippen molar-refractivity contribution in [2.24, 2.45) is 0 Å². The predicted octanol–water partition coefficient (Wildman–Crippen LogP) is 4.19. The maximum Gasteiger partial charge on any atom is 0.308 e. The summed E-state index contributed by atoms with van der Waals surface area (Å²) in [7, 11) is 3.13. The highest BCUT2D eigenvalue weighted by Crippen LogP contribution is 2.25. The second-order valence-electron chi connectivity index (χ2n) is 6.01. The van der Waals surface area contributed by atoms with Gasteiger partial charge < -0.3 is 14.8 Å². The van der Waals surface area contributed by atoms with E-state index in [1.165, 1.54) is 0 Å². The number of nitrogens with one attached hydrogen (secondary N) is 1. The third kappa shape index (κ3) is 4.21. The summed E-state index contributed by atoms with van der Waals surface area (Å²) in [5.74, 6) is 0.994. The molecule has 1 aromatic heterocycles. The van der Waals surface area contributed by atoms with Gasteiger partial charge in [0.25, 0.3) is 5.91 Å². The monoisotopic (exact) mass is 418 g/mol. The second kappa shape index (κ2) is 8.50. The first kappa shape index (κ1) is 20.0. The maximum atomic E-state index is 12.7. The van der Waals surface area contributed by atoms with Gasteiger partial charge in [-0.25, -0.2) is 0 Å². The van der Waals surface area contributed by atoms with E-state index in [2.05, 4.69) is 5.32 Å². The van der Waals surface area contributed by atoms with E-state index in [4.69, 9.17) is 21.1 Å². The van der Waals surface area contributed by atoms with Crippen LogP contribution in [0.5, 0.6) is 11.5 Å². The number of rotatable bonds is 6. The number of nitrogens with zero attached hydrogens (tertiary/aromatic N) is 1. The highest BCUT2D eigenvalue weighted by Gasteiger charge is 2.19. The Morgan fingerprint density at radius 1 is 1.14 bits per heavy atom. The van der Waals surface area contributed by atoms with Crippen LogP contribution in [0.3, 0.4) is 0 Å². The van der Waals surface area contributed by atoms with Crippen molar-refractivity contribution >= 4 is 34.5 Å². The Bertz CT molecular complexity index is 1060. The number of halogens is 1. The lowest BCUT2D eigenvalue weighted by Crippen LogP contribution is -2.17. The molecular formula is C20H19ClN2O4S. The normalized spacial score (nSPS) is 10.6. The topological polar surface area (TPSA) is 69.6 Å². The minimum atomic E-state index is -0.332. The Balaban J connectivity index is 1.86. The predicted molar refractivity (Wildman–Crippen MR) is 111 cm³/mol. The van der Waals surface area contributed by atoms with E-state index < -0.39 is 0 Å². The molecule has 0 aliphatic rings. The summed E-state index contributed by atoms with van der Waals surface area (Å²) in [5, 5.41) is 3.35. The van der Waals surface area contributed by atoms with Gasteiger partial charge in [-0.15, -0.1) is 0 Å². The van der Waals surface area contributed by atoms with Crippen LogP contribution in [-0.4, -0.2) is 24.7 Å². The Kier molecular flexibility index (Phi) is 6.06. The number of hydrogen-bond donors (Lipinski definition) is 1. The van der Waals surface area contributed by atoms with Crippen molar-refractivity contribution < 1.29 is 14.3 Å². The van der Waals surface area contributed by atoms with E-state index in [0.717, 1.165) is 16.9 Å². The van der Waals surface area contributed by atoms with Gasteiger partial charge in [0.05, 0.1) is 20.8 Å². The molecule has 8 heteroatoms.